The third kappa shape index (κ3) is 2.70. The molecule has 2 bridgehead atoms. The van der Waals surface area contributed by atoms with Gasteiger partial charge in [0.1, 0.15) is 5.76 Å². The lowest BCUT2D eigenvalue weighted by atomic mass is 9.84. The van der Waals surface area contributed by atoms with Gasteiger partial charge in [0.25, 0.3) is 5.91 Å². The molecule has 1 amide bonds. The van der Waals surface area contributed by atoms with Gasteiger partial charge in [0.2, 0.25) is 0 Å². The van der Waals surface area contributed by atoms with Crippen molar-refractivity contribution in [2.75, 3.05) is 19.6 Å². The Labute approximate surface area is 139 Å². The van der Waals surface area contributed by atoms with Crippen molar-refractivity contribution in [3.63, 3.8) is 0 Å². The lowest BCUT2D eigenvalue weighted by Crippen LogP contribution is -2.57. The van der Waals surface area contributed by atoms with Crippen molar-refractivity contribution in [1.82, 2.24) is 15.4 Å². The topological polar surface area (TPSA) is 58.4 Å². The van der Waals surface area contributed by atoms with E-state index in [1.165, 1.54) is 37.3 Å². The van der Waals surface area contributed by atoms with E-state index in [2.05, 4.69) is 15.4 Å². The Morgan fingerprint density at radius 2 is 2.13 bits per heavy atom. The van der Waals surface area contributed by atoms with Crippen LogP contribution in [0.4, 0.5) is 0 Å². The Morgan fingerprint density at radius 3 is 2.74 bits per heavy atom. The van der Waals surface area contributed by atoms with E-state index in [1.807, 2.05) is 26.0 Å². The van der Waals surface area contributed by atoms with Crippen LogP contribution in [0.15, 0.2) is 16.7 Å². The first-order valence-electron chi connectivity index (χ1n) is 8.18. The van der Waals surface area contributed by atoms with Gasteiger partial charge in [-0.3, -0.25) is 4.79 Å². The second kappa shape index (κ2) is 5.76. The SMILES string of the molecule is Cc1noc(C)c1-c1ccc(C(=O)NC2CN3CCC2CC3)s1. The highest BCUT2D eigenvalue weighted by atomic mass is 32.1. The number of hydrogen-bond acceptors (Lipinski definition) is 5. The zero-order valence-electron chi connectivity index (χ0n) is 13.5. The van der Waals surface area contributed by atoms with Crippen LogP contribution in [0.5, 0.6) is 0 Å². The van der Waals surface area contributed by atoms with Gasteiger partial charge in [-0.15, -0.1) is 11.3 Å². The number of aryl methyl sites for hydroxylation is 2. The van der Waals surface area contributed by atoms with Crippen molar-refractivity contribution in [2.45, 2.75) is 32.7 Å². The highest BCUT2D eigenvalue weighted by molar-refractivity contribution is 7.17. The van der Waals surface area contributed by atoms with Gasteiger partial charge in [-0.05, 0) is 57.8 Å². The summed E-state index contributed by atoms with van der Waals surface area (Å²) >= 11 is 1.51. The summed E-state index contributed by atoms with van der Waals surface area (Å²) in [5, 5.41) is 7.24. The van der Waals surface area contributed by atoms with E-state index in [0.29, 0.717) is 12.0 Å². The number of amides is 1. The first-order chi connectivity index (χ1) is 11.1. The van der Waals surface area contributed by atoms with Gasteiger partial charge in [-0.25, -0.2) is 0 Å². The van der Waals surface area contributed by atoms with Crippen LogP contribution in [-0.4, -0.2) is 41.6 Å². The molecule has 2 aromatic rings. The summed E-state index contributed by atoms with van der Waals surface area (Å²) < 4.78 is 5.23. The number of carbonyl (C=O) groups excluding carboxylic acids is 1. The highest BCUT2D eigenvalue weighted by Gasteiger charge is 2.35. The Bertz CT molecular complexity index is 709. The number of piperidine rings is 3. The minimum Gasteiger partial charge on any atom is -0.361 e. The lowest BCUT2D eigenvalue weighted by Gasteiger charge is -2.44. The molecule has 0 aliphatic carbocycles. The molecule has 1 atom stereocenters. The van der Waals surface area contributed by atoms with E-state index >= 15 is 0 Å². The molecule has 3 aliphatic heterocycles. The summed E-state index contributed by atoms with van der Waals surface area (Å²) in [6, 6.07) is 4.19. The molecule has 3 aliphatic rings. The van der Waals surface area contributed by atoms with Crippen LogP contribution < -0.4 is 5.32 Å². The minimum absolute atomic E-state index is 0.0479. The first-order valence-corrected chi connectivity index (χ1v) is 9.00. The van der Waals surface area contributed by atoms with E-state index in [4.69, 9.17) is 4.52 Å². The monoisotopic (exact) mass is 331 g/mol. The van der Waals surface area contributed by atoms with Gasteiger partial charge in [-0.1, -0.05) is 5.16 Å². The largest absolute Gasteiger partial charge is 0.361 e. The summed E-state index contributed by atoms with van der Waals surface area (Å²) in [5.41, 5.74) is 1.88. The normalized spacial score (nSPS) is 26.4. The average Bonchev–Trinajstić information content (AvgIpc) is 3.15. The molecule has 5 heterocycles. The smallest absolute Gasteiger partial charge is 0.261 e. The molecular formula is C17H21N3O2S. The fraction of sp³-hybridized carbons (Fsp3) is 0.529. The molecule has 5 nitrogen and oxygen atoms in total. The van der Waals surface area contributed by atoms with Gasteiger partial charge in [0.15, 0.2) is 0 Å². The molecule has 0 spiro atoms. The van der Waals surface area contributed by atoms with Gasteiger partial charge < -0.3 is 14.7 Å². The van der Waals surface area contributed by atoms with Crippen LogP contribution in [0.3, 0.4) is 0 Å². The Hall–Kier alpha value is -1.66. The van der Waals surface area contributed by atoms with Crippen LogP contribution in [0.1, 0.15) is 34.0 Å². The molecule has 122 valence electrons. The maximum absolute atomic E-state index is 12.6. The number of fused-ring (bicyclic) bond motifs is 3. The number of thiophene rings is 1. The molecule has 0 aromatic carbocycles. The molecule has 6 heteroatoms. The molecule has 0 saturated carbocycles. The predicted octanol–water partition coefficient (Wildman–Crippen LogP) is 2.84. The molecule has 3 saturated heterocycles. The van der Waals surface area contributed by atoms with E-state index in [0.717, 1.165) is 33.3 Å². The fourth-order valence-corrected chi connectivity index (χ4v) is 4.85. The Morgan fingerprint density at radius 1 is 1.35 bits per heavy atom. The van der Waals surface area contributed by atoms with Crippen LogP contribution in [0.25, 0.3) is 10.4 Å². The van der Waals surface area contributed by atoms with E-state index in [1.54, 1.807) is 0 Å². The quantitative estimate of drug-likeness (QED) is 0.939. The zero-order chi connectivity index (χ0) is 16.0. The Kier molecular flexibility index (Phi) is 3.73. The van der Waals surface area contributed by atoms with Crippen molar-refractivity contribution < 1.29 is 9.32 Å². The number of carbonyl (C=O) groups is 1. The maximum atomic E-state index is 12.6. The number of nitrogens with one attached hydrogen (secondary N) is 1. The summed E-state index contributed by atoms with van der Waals surface area (Å²) in [6.07, 6.45) is 2.42. The van der Waals surface area contributed by atoms with Crippen molar-refractivity contribution in [3.05, 3.63) is 28.5 Å². The minimum atomic E-state index is 0.0479. The molecule has 1 unspecified atom stereocenters. The number of aromatic nitrogens is 1. The van der Waals surface area contributed by atoms with Crippen LogP contribution >= 0.6 is 11.3 Å². The zero-order valence-corrected chi connectivity index (χ0v) is 14.3. The molecule has 5 rings (SSSR count). The van der Waals surface area contributed by atoms with E-state index in [-0.39, 0.29) is 5.91 Å². The molecule has 3 fully saturated rings. The van der Waals surface area contributed by atoms with Crippen LogP contribution in [0.2, 0.25) is 0 Å². The van der Waals surface area contributed by atoms with Gasteiger partial charge >= 0.3 is 0 Å². The van der Waals surface area contributed by atoms with Crippen LogP contribution in [0, 0.1) is 19.8 Å². The molecule has 23 heavy (non-hydrogen) atoms. The maximum Gasteiger partial charge on any atom is 0.261 e. The molecular weight excluding hydrogens is 310 g/mol. The summed E-state index contributed by atoms with van der Waals surface area (Å²) in [7, 11) is 0. The molecule has 1 N–H and O–H groups in total. The third-order valence-corrected chi connectivity index (χ3v) is 6.18. The second-order valence-corrected chi connectivity index (χ2v) is 7.66. The first kappa shape index (κ1) is 14.9. The average molecular weight is 331 g/mol. The third-order valence-electron chi connectivity index (χ3n) is 5.08. The van der Waals surface area contributed by atoms with Crippen molar-refractivity contribution in [3.8, 4) is 10.4 Å². The molecule has 0 radical (unpaired) electrons. The van der Waals surface area contributed by atoms with Crippen LogP contribution in [-0.2, 0) is 0 Å². The molecule has 2 aromatic heterocycles. The van der Waals surface area contributed by atoms with Gasteiger partial charge in [-0.2, -0.15) is 0 Å². The van der Waals surface area contributed by atoms with E-state index in [9.17, 15) is 4.79 Å². The summed E-state index contributed by atoms with van der Waals surface area (Å²) in [5.74, 6) is 1.49. The van der Waals surface area contributed by atoms with Crippen molar-refractivity contribution >= 4 is 17.2 Å². The van der Waals surface area contributed by atoms with Crippen molar-refractivity contribution in [2.24, 2.45) is 5.92 Å². The lowest BCUT2D eigenvalue weighted by molar-refractivity contribution is 0.0622. The summed E-state index contributed by atoms with van der Waals surface area (Å²) in [4.78, 5) is 16.8. The number of hydrogen-bond donors (Lipinski definition) is 1. The fourth-order valence-electron chi connectivity index (χ4n) is 3.80. The van der Waals surface area contributed by atoms with Gasteiger partial charge in [0, 0.05) is 17.5 Å². The second-order valence-electron chi connectivity index (χ2n) is 6.58. The predicted molar refractivity (Wildman–Crippen MR) is 89.7 cm³/mol. The van der Waals surface area contributed by atoms with Gasteiger partial charge in [0.05, 0.1) is 16.1 Å². The highest BCUT2D eigenvalue weighted by Crippen LogP contribution is 2.33. The number of rotatable bonds is 3. The standard InChI is InChI=1S/C17H21N3O2S/c1-10-16(11(2)22-19-10)14-3-4-15(23-14)17(21)18-13-9-20-7-5-12(13)6-8-20/h3-4,12-13H,5-9H2,1-2H3,(H,18,21). The Balaban J connectivity index is 1.49. The number of nitrogens with zero attached hydrogens (tertiary/aromatic N) is 2. The summed E-state index contributed by atoms with van der Waals surface area (Å²) in [6.45, 7) is 7.21. The van der Waals surface area contributed by atoms with E-state index < -0.39 is 0 Å². The van der Waals surface area contributed by atoms with Crippen molar-refractivity contribution in [1.29, 1.82) is 0 Å².